The molecule has 0 unspecified atom stereocenters. The van der Waals surface area contributed by atoms with Gasteiger partial charge in [-0.3, -0.25) is 9.88 Å². The van der Waals surface area contributed by atoms with Crippen LogP contribution in [0.4, 0.5) is 0 Å². The zero-order chi connectivity index (χ0) is 13.5. The van der Waals surface area contributed by atoms with Crippen LogP contribution in [0.2, 0.25) is 0 Å². The summed E-state index contributed by atoms with van der Waals surface area (Å²) in [5.74, 6) is 0. The Bertz CT molecular complexity index is 510. The van der Waals surface area contributed by atoms with Gasteiger partial charge in [0, 0.05) is 25.0 Å². The van der Waals surface area contributed by atoms with Crippen LogP contribution in [0, 0.1) is 0 Å². The van der Waals surface area contributed by atoms with Crippen molar-refractivity contribution in [3.05, 3.63) is 42.1 Å². The third-order valence-corrected chi connectivity index (χ3v) is 3.26. The van der Waals surface area contributed by atoms with Crippen molar-refractivity contribution in [2.24, 2.45) is 0 Å². The first-order chi connectivity index (χ1) is 9.33. The lowest BCUT2D eigenvalue weighted by Crippen LogP contribution is -2.31. The van der Waals surface area contributed by atoms with Gasteiger partial charge in [0.15, 0.2) is 0 Å². The summed E-state index contributed by atoms with van der Waals surface area (Å²) in [5, 5.41) is 4.42. The highest BCUT2D eigenvalue weighted by Crippen LogP contribution is 2.13. The predicted octanol–water partition coefficient (Wildman–Crippen LogP) is 2.67. The second kappa shape index (κ2) is 7.22. The smallest absolute Gasteiger partial charge is 0.0705 e. The summed E-state index contributed by atoms with van der Waals surface area (Å²) in [6.45, 7) is 6.36. The highest BCUT2D eigenvalue weighted by molar-refractivity contribution is 5.78. The molecule has 19 heavy (non-hydrogen) atoms. The van der Waals surface area contributed by atoms with Crippen molar-refractivity contribution in [1.29, 1.82) is 0 Å². The Labute approximate surface area is 115 Å². The minimum atomic E-state index is 0.931. The Morgan fingerprint density at radius 1 is 1.11 bits per heavy atom. The number of nitrogens with one attached hydrogen (secondary N) is 1. The average molecular weight is 257 g/mol. The minimum Gasteiger partial charge on any atom is -0.318 e. The minimum absolute atomic E-state index is 0.931. The number of hydrogen-bond acceptors (Lipinski definition) is 3. The number of pyridine rings is 1. The van der Waals surface area contributed by atoms with E-state index in [0.717, 1.165) is 37.4 Å². The molecule has 0 aliphatic rings. The summed E-state index contributed by atoms with van der Waals surface area (Å²) in [6.07, 6.45) is 1.18. The van der Waals surface area contributed by atoms with Crippen molar-refractivity contribution in [1.82, 2.24) is 15.2 Å². The van der Waals surface area contributed by atoms with Crippen LogP contribution in [0.5, 0.6) is 0 Å². The average Bonchev–Trinajstić information content (AvgIpc) is 2.45. The van der Waals surface area contributed by atoms with E-state index in [1.807, 2.05) is 13.1 Å². The number of likely N-dealkylation sites (N-methyl/N-ethyl adjacent to an activating group) is 1. The van der Waals surface area contributed by atoms with E-state index in [-0.39, 0.29) is 0 Å². The van der Waals surface area contributed by atoms with Crippen molar-refractivity contribution < 1.29 is 0 Å². The molecular weight excluding hydrogens is 234 g/mol. The van der Waals surface area contributed by atoms with Crippen LogP contribution in [0.25, 0.3) is 10.9 Å². The van der Waals surface area contributed by atoms with Gasteiger partial charge in [0.25, 0.3) is 0 Å². The van der Waals surface area contributed by atoms with Crippen LogP contribution in [0.15, 0.2) is 36.4 Å². The molecule has 1 N–H and O–H groups in total. The number of para-hydroxylation sites is 1. The molecule has 0 aliphatic heterocycles. The highest BCUT2D eigenvalue weighted by Gasteiger charge is 2.06. The molecule has 1 aromatic heterocycles. The van der Waals surface area contributed by atoms with E-state index < -0.39 is 0 Å². The number of rotatable bonds is 7. The van der Waals surface area contributed by atoms with Crippen LogP contribution in [0.3, 0.4) is 0 Å². The summed E-state index contributed by atoms with van der Waals surface area (Å²) in [5.41, 5.74) is 2.24. The maximum absolute atomic E-state index is 4.74. The Morgan fingerprint density at radius 3 is 2.74 bits per heavy atom. The van der Waals surface area contributed by atoms with Gasteiger partial charge in [0.2, 0.25) is 0 Å². The first-order valence-corrected chi connectivity index (χ1v) is 7.05. The summed E-state index contributed by atoms with van der Waals surface area (Å²) >= 11 is 0. The van der Waals surface area contributed by atoms with E-state index in [0.29, 0.717) is 0 Å². The van der Waals surface area contributed by atoms with Gasteiger partial charge >= 0.3 is 0 Å². The summed E-state index contributed by atoms with van der Waals surface area (Å²) in [6, 6.07) is 12.6. The molecule has 1 aromatic carbocycles. The van der Waals surface area contributed by atoms with Crippen LogP contribution in [-0.4, -0.2) is 36.6 Å². The normalized spacial score (nSPS) is 11.3. The van der Waals surface area contributed by atoms with Crippen LogP contribution >= 0.6 is 0 Å². The molecule has 0 saturated carbocycles. The van der Waals surface area contributed by atoms with E-state index in [4.69, 9.17) is 4.98 Å². The van der Waals surface area contributed by atoms with Gasteiger partial charge in [-0.05, 0) is 32.1 Å². The van der Waals surface area contributed by atoms with Gasteiger partial charge in [0.1, 0.15) is 0 Å². The fraction of sp³-hybridized carbons (Fsp3) is 0.438. The Kier molecular flexibility index (Phi) is 5.31. The molecule has 0 amide bonds. The van der Waals surface area contributed by atoms with E-state index >= 15 is 0 Å². The molecule has 3 heteroatoms. The molecule has 1 heterocycles. The molecule has 0 spiro atoms. The van der Waals surface area contributed by atoms with Crippen molar-refractivity contribution in [2.45, 2.75) is 19.9 Å². The molecule has 2 rings (SSSR count). The summed E-state index contributed by atoms with van der Waals surface area (Å²) < 4.78 is 0. The predicted molar refractivity (Wildman–Crippen MR) is 81.2 cm³/mol. The second-order valence-electron chi connectivity index (χ2n) is 4.87. The molecule has 102 valence electrons. The lowest BCUT2D eigenvalue weighted by atomic mass is 10.2. The lowest BCUT2D eigenvalue weighted by molar-refractivity contribution is 0.265. The first-order valence-electron chi connectivity index (χ1n) is 7.05. The van der Waals surface area contributed by atoms with E-state index in [1.165, 1.54) is 11.8 Å². The summed E-state index contributed by atoms with van der Waals surface area (Å²) in [4.78, 5) is 7.20. The second-order valence-corrected chi connectivity index (χ2v) is 4.87. The zero-order valence-corrected chi connectivity index (χ0v) is 11.9. The number of nitrogens with zero attached hydrogens (tertiary/aromatic N) is 2. The SMILES string of the molecule is CCCN(CCNC)Cc1ccc2ccccc2n1. The molecule has 0 bridgehead atoms. The van der Waals surface area contributed by atoms with Crippen molar-refractivity contribution in [3.63, 3.8) is 0 Å². The number of hydrogen-bond donors (Lipinski definition) is 1. The quantitative estimate of drug-likeness (QED) is 0.826. The largest absolute Gasteiger partial charge is 0.318 e. The lowest BCUT2D eigenvalue weighted by Gasteiger charge is -2.21. The van der Waals surface area contributed by atoms with Crippen molar-refractivity contribution in [3.8, 4) is 0 Å². The van der Waals surface area contributed by atoms with Crippen molar-refractivity contribution >= 4 is 10.9 Å². The van der Waals surface area contributed by atoms with Gasteiger partial charge in [0.05, 0.1) is 11.2 Å². The molecule has 0 saturated heterocycles. The molecule has 0 fully saturated rings. The van der Waals surface area contributed by atoms with Crippen LogP contribution < -0.4 is 5.32 Å². The standard InChI is InChI=1S/C16H23N3/c1-3-11-19(12-10-17-2)13-15-9-8-14-6-4-5-7-16(14)18-15/h4-9,17H,3,10-13H2,1-2H3. The molecule has 2 aromatic rings. The van der Waals surface area contributed by atoms with Gasteiger partial charge in [-0.2, -0.15) is 0 Å². The Morgan fingerprint density at radius 2 is 1.95 bits per heavy atom. The monoisotopic (exact) mass is 257 g/mol. The van der Waals surface area contributed by atoms with Crippen molar-refractivity contribution in [2.75, 3.05) is 26.7 Å². The van der Waals surface area contributed by atoms with Gasteiger partial charge in [-0.1, -0.05) is 31.2 Å². The third-order valence-electron chi connectivity index (χ3n) is 3.26. The Balaban J connectivity index is 2.09. The van der Waals surface area contributed by atoms with Gasteiger partial charge in [-0.15, -0.1) is 0 Å². The fourth-order valence-electron chi connectivity index (χ4n) is 2.28. The fourth-order valence-corrected chi connectivity index (χ4v) is 2.28. The first kappa shape index (κ1) is 14.0. The highest BCUT2D eigenvalue weighted by atomic mass is 15.1. The van der Waals surface area contributed by atoms with Gasteiger partial charge in [-0.25, -0.2) is 0 Å². The van der Waals surface area contributed by atoms with E-state index in [1.54, 1.807) is 0 Å². The molecule has 0 atom stereocenters. The van der Waals surface area contributed by atoms with E-state index in [9.17, 15) is 0 Å². The number of benzene rings is 1. The molecule has 0 radical (unpaired) electrons. The molecule has 0 aliphatic carbocycles. The molecular formula is C16H23N3. The molecule has 3 nitrogen and oxygen atoms in total. The maximum atomic E-state index is 4.74. The Hall–Kier alpha value is -1.45. The summed E-state index contributed by atoms with van der Waals surface area (Å²) in [7, 11) is 2.00. The number of aromatic nitrogens is 1. The number of fused-ring (bicyclic) bond motifs is 1. The van der Waals surface area contributed by atoms with Gasteiger partial charge < -0.3 is 5.32 Å². The zero-order valence-electron chi connectivity index (χ0n) is 11.9. The van der Waals surface area contributed by atoms with E-state index in [2.05, 4.69) is 47.5 Å². The van der Waals surface area contributed by atoms with Crippen LogP contribution in [-0.2, 0) is 6.54 Å². The van der Waals surface area contributed by atoms with Crippen LogP contribution in [0.1, 0.15) is 19.0 Å². The third kappa shape index (κ3) is 4.01. The topological polar surface area (TPSA) is 28.2 Å². The maximum Gasteiger partial charge on any atom is 0.0705 e.